The maximum Gasteiger partial charge on any atom is 0.255 e. The molecular formula is C18H14N4O. The summed E-state index contributed by atoms with van der Waals surface area (Å²) in [4.78, 5) is 12.1. The van der Waals surface area contributed by atoms with E-state index in [9.17, 15) is 4.79 Å². The molecule has 0 aliphatic carbocycles. The third-order valence-electron chi connectivity index (χ3n) is 3.05. The molecule has 1 amide bonds. The fourth-order valence-electron chi connectivity index (χ4n) is 1.88. The molecule has 0 spiro atoms. The van der Waals surface area contributed by atoms with Crippen molar-refractivity contribution in [2.24, 2.45) is 0 Å². The second-order valence-corrected chi connectivity index (χ2v) is 4.83. The zero-order chi connectivity index (χ0) is 16.7. The van der Waals surface area contributed by atoms with Gasteiger partial charge < -0.3 is 10.6 Å². The van der Waals surface area contributed by atoms with Crippen LogP contribution in [0.3, 0.4) is 0 Å². The maximum atomic E-state index is 12.1. The second kappa shape index (κ2) is 7.44. The first-order valence-electron chi connectivity index (χ1n) is 6.87. The van der Waals surface area contributed by atoms with E-state index in [-0.39, 0.29) is 11.5 Å². The number of nitriles is 2. The molecule has 2 N–H and O–H groups in total. The summed E-state index contributed by atoms with van der Waals surface area (Å²) in [7, 11) is 0. The van der Waals surface area contributed by atoms with Crippen LogP contribution in [0.2, 0.25) is 0 Å². The van der Waals surface area contributed by atoms with Crippen LogP contribution in [0.4, 0.5) is 11.4 Å². The molecule has 0 aromatic heterocycles. The van der Waals surface area contributed by atoms with E-state index in [1.165, 1.54) is 6.20 Å². The summed E-state index contributed by atoms with van der Waals surface area (Å²) in [6, 6.07) is 17.8. The van der Waals surface area contributed by atoms with E-state index in [0.717, 1.165) is 5.56 Å². The van der Waals surface area contributed by atoms with Crippen LogP contribution in [0.5, 0.6) is 0 Å². The summed E-state index contributed by atoms with van der Waals surface area (Å²) >= 11 is 0. The summed E-state index contributed by atoms with van der Waals surface area (Å²) in [5.41, 5.74) is 2.98. The van der Waals surface area contributed by atoms with Gasteiger partial charge in [0.1, 0.15) is 17.7 Å². The number of anilines is 2. The molecule has 5 heteroatoms. The number of nitrogens with zero attached hydrogens (tertiary/aromatic N) is 2. The van der Waals surface area contributed by atoms with E-state index in [4.69, 9.17) is 10.5 Å². The van der Waals surface area contributed by atoms with Crippen LogP contribution < -0.4 is 10.6 Å². The van der Waals surface area contributed by atoms with Gasteiger partial charge in [-0.3, -0.25) is 4.79 Å². The molecule has 5 nitrogen and oxygen atoms in total. The molecule has 112 valence electrons. The quantitative estimate of drug-likeness (QED) is 0.845. The Kier molecular flexibility index (Phi) is 5.12. The van der Waals surface area contributed by atoms with Crippen LogP contribution >= 0.6 is 0 Å². The highest BCUT2D eigenvalue weighted by molar-refractivity contribution is 6.04. The van der Waals surface area contributed by atoms with Crippen molar-refractivity contribution < 1.29 is 4.79 Å². The third kappa shape index (κ3) is 4.45. The molecule has 2 aromatic rings. The Labute approximate surface area is 134 Å². The molecular weight excluding hydrogens is 288 g/mol. The number of hydrogen-bond acceptors (Lipinski definition) is 4. The lowest BCUT2D eigenvalue weighted by Gasteiger charge is -2.07. The van der Waals surface area contributed by atoms with Crippen LogP contribution in [-0.2, 0) is 0 Å². The number of amides is 1. The first-order valence-corrected chi connectivity index (χ1v) is 6.87. The van der Waals surface area contributed by atoms with Crippen molar-refractivity contribution in [3.63, 3.8) is 0 Å². The standard InChI is InChI=1S/C18H14N4O/c1-13-3-2-4-15(9-13)18(23)22-17-7-5-16(6-8-17)21-12-14(10-19)11-20/h2-9,12,21H,1H3,(H,22,23). The van der Waals surface area contributed by atoms with Crippen molar-refractivity contribution in [3.8, 4) is 12.1 Å². The Bertz CT molecular complexity index is 807. The SMILES string of the molecule is Cc1cccc(C(=O)Nc2ccc(NC=C(C#N)C#N)cc2)c1. The van der Waals surface area contributed by atoms with Gasteiger partial charge in [-0.15, -0.1) is 0 Å². The molecule has 0 radical (unpaired) electrons. The molecule has 0 atom stereocenters. The van der Waals surface area contributed by atoms with Gasteiger partial charge in [0.2, 0.25) is 0 Å². The molecule has 23 heavy (non-hydrogen) atoms. The van der Waals surface area contributed by atoms with Crippen LogP contribution in [-0.4, -0.2) is 5.91 Å². The maximum absolute atomic E-state index is 12.1. The van der Waals surface area contributed by atoms with E-state index < -0.39 is 0 Å². The van der Waals surface area contributed by atoms with Gasteiger partial charge in [0, 0.05) is 23.1 Å². The first kappa shape index (κ1) is 15.8. The van der Waals surface area contributed by atoms with Gasteiger partial charge in [0.05, 0.1) is 0 Å². The molecule has 0 heterocycles. The average molecular weight is 302 g/mol. The topological polar surface area (TPSA) is 88.7 Å². The summed E-state index contributed by atoms with van der Waals surface area (Å²) in [6.07, 6.45) is 1.33. The van der Waals surface area contributed by atoms with Gasteiger partial charge >= 0.3 is 0 Å². The average Bonchev–Trinajstić information content (AvgIpc) is 2.57. The van der Waals surface area contributed by atoms with Crippen molar-refractivity contribution in [2.75, 3.05) is 10.6 Å². The Morgan fingerprint density at radius 3 is 2.30 bits per heavy atom. The lowest BCUT2D eigenvalue weighted by Crippen LogP contribution is -2.11. The number of allylic oxidation sites excluding steroid dienone is 1. The number of nitrogens with one attached hydrogen (secondary N) is 2. The van der Waals surface area contributed by atoms with Gasteiger partial charge in [0.15, 0.2) is 0 Å². The molecule has 0 aliphatic heterocycles. The minimum Gasteiger partial charge on any atom is -0.360 e. The second-order valence-electron chi connectivity index (χ2n) is 4.83. The van der Waals surface area contributed by atoms with Crippen molar-refractivity contribution in [1.82, 2.24) is 0 Å². The van der Waals surface area contributed by atoms with Gasteiger partial charge in [-0.05, 0) is 43.3 Å². The molecule has 0 saturated heterocycles. The Hall–Kier alpha value is -3.57. The highest BCUT2D eigenvalue weighted by Crippen LogP contribution is 2.15. The first-order chi connectivity index (χ1) is 11.1. The van der Waals surface area contributed by atoms with Crippen molar-refractivity contribution in [1.29, 1.82) is 10.5 Å². The van der Waals surface area contributed by atoms with Gasteiger partial charge in [0.25, 0.3) is 5.91 Å². The van der Waals surface area contributed by atoms with Crippen LogP contribution in [0.1, 0.15) is 15.9 Å². The Morgan fingerprint density at radius 1 is 1.04 bits per heavy atom. The van der Waals surface area contributed by atoms with E-state index in [1.54, 1.807) is 42.5 Å². The predicted octanol–water partition coefficient (Wildman–Crippen LogP) is 3.59. The van der Waals surface area contributed by atoms with Crippen LogP contribution in [0.25, 0.3) is 0 Å². The Morgan fingerprint density at radius 2 is 1.70 bits per heavy atom. The largest absolute Gasteiger partial charge is 0.360 e. The number of benzene rings is 2. The summed E-state index contributed by atoms with van der Waals surface area (Å²) in [6.45, 7) is 1.93. The normalized spacial score (nSPS) is 9.17. The molecule has 0 bridgehead atoms. The van der Waals surface area contributed by atoms with Crippen molar-refractivity contribution >= 4 is 17.3 Å². The predicted molar refractivity (Wildman–Crippen MR) is 88.5 cm³/mol. The highest BCUT2D eigenvalue weighted by Gasteiger charge is 2.05. The van der Waals surface area contributed by atoms with Gasteiger partial charge in [-0.2, -0.15) is 10.5 Å². The van der Waals surface area contributed by atoms with E-state index in [1.807, 2.05) is 25.1 Å². The fraction of sp³-hybridized carbons (Fsp3) is 0.0556. The zero-order valence-corrected chi connectivity index (χ0v) is 12.5. The smallest absolute Gasteiger partial charge is 0.255 e. The molecule has 2 aromatic carbocycles. The number of carbonyl (C=O) groups is 1. The summed E-state index contributed by atoms with van der Waals surface area (Å²) in [5, 5.41) is 23.0. The van der Waals surface area contributed by atoms with E-state index in [2.05, 4.69) is 10.6 Å². The van der Waals surface area contributed by atoms with Crippen LogP contribution in [0.15, 0.2) is 60.3 Å². The lowest BCUT2D eigenvalue weighted by molar-refractivity contribution is 0.102. The van der Waals surface area contributed by atoms with Crippen LogP contribution in [0, 0.1) is 29.6 Å². The lowest BCUT2D eigenvalue weighted by atomic mass is 10.1. The number of carbonyl (C=O) groups excluding carboxylic acids is 1. The molecule has 2 rings (SSSR count). The van der Waals surface area contributed by atoms with E-state index >= 15 is 0 Å². The van der Waals surface area contributed by atoms with Gasteiger partial charge in [-0.1, -0.05) is 17.7 Å². The minimum absolute atomic E-state index is 0.0122. The monoisotopic (exact) mass is 302 g/mol. The summed E-state index contributed by atoms with van der Waals surface area (Å²) in [5.74, 6) is -0.175. The third-order valence-corrected chi connectivity index (χ3v) is 3.05. The van der Waals surface area contributed by atoms with Gasteiger partial charge in [-0.25, -0.2) is 0 Å². The zero-order valence-electron chi connectivity index (χ0n) is 12.5. The number of aryl methyl sites for hydroxylation is 1. The number of hydrogen-bond donors (Lipinski definition) is 2. The van der Waals surface area contributed by atoms with E-state index in [0.29, 0.717) is 16.9 Å². The van der Waals surface area contributed by atoms with Crippen molar-refractivity contribution in [3.05, 3.63) is 71.4 Å². The Balaban J connectivity index is 2.03. The number of rotatable bonds is 4. The summed E-state index contributed by atoms with van der Waals surface area (Å²) < 4.78 is 0. The molecule has 0 unspecified atom stereocenters. The fourth-order valence-corrected chi connectivity index (χ4v) is 1.88. The molecule has 0 aliphatic rings. The minimum atomic E-state index is -0.175. The highest BCUT2D eigenvalue weighted by atomic mass is 16.1. The molecule has 0 saturated carbocycles. The van der Waals surface area contributed by atoms with Crippen molar-refractivity contribution in [2.45, 2.75) is 6.92 Å². The molecule has 0 fully saturated rings.